The Labute approximate surface area is 157 Å². The van der Waals surface area contributed by atoms with Crippen LogP contribution in [0.15, 0.2) is 68.0 Å². The van der Waals surface area contributed by atoms with E-state index in [0.717, 1.165) is 25.8 Å². The molecule has 0 saturated carbocycles. The summed E-state index contributed by atoms with van der Waals surface area (Å²) >= 11 is 7.00. The first-order valence-corrected chi connectivity index (χ1v) is 8.89. The fourth-order valence-electron chi connectivity index (χ4n) is 2.37. The molecule has 4 heteroatoms. The van der Waals surface area contributed by atoms with Crippen LogP contribution in [0.2, 0.25) is 0 Å². The molecule has 0 aliphatic heterocycles. The summed E-state index contributed by atoms with van der Waals surface area (Å²) in [4.78, 5) is 0. The highest BCUT2D eigenvalue weighted by Crippen LogP contribution is 2.31. The molecule has 2 nitrogen and oxygen atoms in total. The fourth-order valence-corrected chi connectivity index (χ4v) is 3.46. The van der Waals surface area contributed by atoms with Gasteiger partial charge in [0.1, 0.15) is 11.5 Å². The van der Waals surface area contributed by atoms with Crippen molar-refractivity contribution in [3.05, 3.63) is 80.4 Å². The summed E-state index contributed by atoms with van der Waals surface area (Å²) in [6, 6.07) is 19.8. The number of aryl methyl sites for hydroxylation is 1. The van der Waals surface area contributed by atoms with Gasteiger partial charge in [0.15, 0.2) is 0 Å². The molecule has 3 rings (SSSR count). The minimum Gasteiger partial charge on any atom is -0.457 e. The number of allylic oxidation sites excluding steroid dienone is 1. The summed E-state index contributed by atoms with van der Waals surface area (Å²) in [5, 5.41) is 9.45. The van der Waals surface area contributed by atoms with E-state index in [1.807, 2.05) is 55.5 Å². The smallest absolute Gasteiger partial charge is 0.135 e. The van der Waals surface area contributed by atoms with Gasteiger partial charge in [-0.3, -0.25) is 0 Å². The Morgan fingerprint density at radius 3 is 2.62 bits per heavy atom. The lowest BCUT2D eigenvalue weighted by Crippen LogP contribution is -1.81. The topological polar surface area (TPSA) is 36.9 Å². The Hall–Kier alpha value is -2.09. The lowest BCUT2D eigenvalue weighted by molar-refractivity contribution is 0.571. The largest absolute Gasteiger partial charge is 0.457 e. The van der Waals surface area contributed by atoms with Crippen molar-refractivity contribution in [2.45, 2.75) is 6.92 Å². The lowest BCUT2D eigenvalue weighted by Gasteiger charge is -2.02. The molecule has 0 amide bonds. The second kappa shape index (κ2) is 7.21. The number of nitriles is 1. The second-order valence-electron chi connectivity index (χ2n) is 5.37. The summed E-state index contributed by atoms with van der Waals surface area (Å²) < 4.78 is 7.83. The molecule has 0 aliphatic carbocycles. The van der Waals surface area contributed by atoms with E-state index in [1.54, 1.807) is 6.08 Å². The van der Waals surface area contributed by atoms with Crippen LogP contribution in [-0.4, -0.2) is 0 Å². The zero-order chi connectivity index (χ0) is 17.1. The predicted octanol–water partition coefficient (Wildman–Crippen LogP) is 6.84. The van der Waals surface area contributed by atoms with E-state index in [4.69, 9.17) is 4.42 Å². The molecular weight excluding hydrogens is 430 g/mol. The molecule has 0 radical (unpaired) electrons. The number of rotatable bonds is 3. The molecule has 0 aliphatic rings. The zero-order valence-electron chi connectivity index (χ0n) is 12.9. The van der Waals surface area contributed by atoms with Crippen molar-refractivity contribution in [2.75, 3.05) is 0 Å². The molecular formula is C20H13Br2NO. The summed E-state index contributed by atoms with van der Waals surface area (Å²) in [5.74, 6) is 1.41. The van der Waals surface area contributed by atoms with Gasteiger partial charge in [-0.2, -0.15) is 5.26 Å². The second-order valence-corrected chi connectivity index (χ2v) is 7.14. The Kier molecular flexibility index (Phi) is 5.03. The van der Waals surface area contributed by atoms with Crippen LogP contribution in [0.4, 0.5) is 0 Å². The Morgan fingerprint density at radius 1 is 1.08 bits per heavy atom. The van der Waals surface area contributed by atoms with Crippen molar-refractivity contribution >= 4 is 43.5 Å². The first-order valence-electron chi connectivity index (χ1n) is 7.31. The average Bonchev–Trinajstić information content (AvgIpc) is 3.01. The minimum atomic E-state index is 0.556. The van der Waals surface area contributed by atoms with Gasteiger partial charge in [-0.15, -0.1) is 0 Å². The highest BCUT2D eigenvalue weighted by molar-refractivity contribution is 9.10. The Morgan fingerprint density at radius 2 is 1.92 bits per heavy atom. The van der Waals surface area contributed by atoms with Gasteiger partial charge in [0.25, 0.3) is 0 Å². The molecule has 2 aromatic carbocycles. The van der Waals surface area contributed by atoms with Crippen LogP contribution < -0.4 is 0 Å². The minimum absolute atomic E-state index is 0.556. The molecule has 1 heterocycles. The number of nitrogens with zero attached hydrogens (tertiary/aromatic N) is 1. The van der Waals surface area contributed by atoms with Crippen LogP contribution in [0.25, 0.3) is 23.0 Å². The van der Waals surface area contributed by atoms with Gasteiger partial charge in [0.2, 0.25) is 0 Å². The van der Waals surface area contributed by atoms with Gasteiger partial charge >= 0.3 is 0 Å². The summed E-state index contributed by atoms with van der Waals surface area (Å²) in [5.41, 5.74) is 3.57. The van der Waals surface area contributed by atoms with E-state index in [-0.39, 0.29) is 0 Å². The molecule has 0 spiro atoms. The van der Waals surface area contributed by atoms with Crippen molar-refractivity contribution in [1.82, 2.24) is 0 Å². The molecule has 0 saturated heterocycles. The molecule has 0 unspecified atom stereocenters. The van der Waals surface area contributed by atoms with Crippen molar-refractivity contribution in [3.63, 3.8) is 0 Å². The monoisotopic (exact) mass is 441 g/mol. The molecule has 1 aromatic heterocycles. The van der Waals surface area contributed by atoms with Crippen molar-refractivity contribution in [3.8, 4) is 17.4 Å². The molecule has 0 fully saturated rings. The Bertz CT molecular complexity index is 964. The van der Waals surface area contributed by atoms with Crippen molar-refractivity contribution < 1.29 is 4.42 Å². The summed E-state index contributed by atoms with van der Waals surface area (Å²) in [6.45, 7) is 2.04. The molecule has 0 atom stereocenters. The quantitative estimate of drug-likeness (QED) is 0.416. The lowest BCUT2D eigenvalue weighted by atomic mass is 10.1. The van der Waals surface area contributed by atoms with E-state index in [0.29, 0.717) is 11.3 Å². The first-order chi connectivity index (χ1) is 11.6. The van der Waals surface area contributed by atoms with Gasteiger partial charge in [-0.25, -0.2) is 0 Å². The predicted molar refractivity (Wildman–Crippen MR) is 104 cm³/mol. The Balaban J connectivity index is 1.96. The number of benzene rings is 2. The van der Waals surface area contributed by atoms with Crippen LogP contribution in [0, 0.1) is 18.3 Å². The highest BCUT2D eigenvalue weighted by Gasteiger charge is 2.09. The SMILES string of the molecule is Cc1ccc(-c2ccc(/C=C(/C#N)c3cccc(Br)c3)o2)c(Br)c1. The van der Waals surface area contributed by atoms with Crippen LogP contribution in [0.3, 0.4) is 0 Å². The number of hydrogen-bond acceptors (Lipinski definition) is 2. The third-order valence-corrected chi connectivity index (χ3v) is 4.71. The van der Waals surface area contributed by atoms with E-state index < -0.39 is 0 Å². The highest BCUT2D eigenvalue weighted by atomic mass is 79.9. The van der Waals surface area contributed by atoms with E-state index in [9.17, 15) is 5.26 Å². The van der Waals surface area contributed by atoms with E-state index >= 15 is 0 Å². The molecule has 0 bridgehead atoms. The van der Waals surface area contributed by atoms with Gasteiger partial charge in [-0.05, 0) is 60.5 Å². The number of hydrogen-bond donors (Lipinski definition) is 0. The van der Waals surface area contributed by atoms with Crippen LogP contribution in [0.1, 0.15) is 16.9 Å². The number of halogens is 2. The fraction of sp³-hybridized carbons (Fsp3) is 0.0500. The van der Waals surface area contributed by atoms with Crippen molar-refractivity contribution in [1.29, 1.82) is 5.26 Å². The van der Waals surface area contributed by atoms with E-state index in [2.05, 4.69) is 44.0 Å². The maximum atomic E-state index is 9.45. The molecule has 3 aromatic rings. The van der Waals surface area contributed by atoms with Gasteiger partial charge in [0.05, 0.1) is 11.6 Å². The van der Waals surface area contributed by atoms with Gasteiger partial charge in [-0.1, -0.05) is 50.1 Å². The maximum absolute atomic E-state index is 9.45. The van der Waals surface area contributed by atoms with Gasteiger partial charge in [0, 0.05) is 14.5 Å². The third kappa shape index (κ3) is 3.69. The average molecular weight is 443 g/mol. The summed E-state index contributed by atoms with van der Waals surface area (Å²) in [7, 11) is 0. The third-order valence-electron chi connectivity index (χ3n) is 3.56. The van der Waals surface area contributed by atoms with Crippen LogP contribution in [0.5, 0.6) is 0 Å². The summed E-state index contributed by atoms with van der Waals surface area (Å²) in [6.07, 6.45) is 1.76. The molecule has 118 valence electrons. The number of furan rings is 1. The standard InChI is InChI=1S/C20H13Br2NO/c1-13-5-7-18(19(22)9-13)20-8-6-17(24-20)11-15(12-23)14-3-2-4-16(21)10-14/h2-11H,1H3/b15-11-. The maximum Gasteiger partial charge on any atom is 0.135 e. The van der Waals surface area contributed by atoms with Crippen LogP contribution in [-0.2, 0) is 0 Å². The normalized spacial score (nSPS) is 11.3. The first kappa shape index (κ1) is 16.8. The molecule has 0 N–H and O–H groups in total. The van der Waals surface area contributed by atoms with E-state index in [1.165, 1.54) is 5.56 Å². The zero-order valence-corrected chi connectivity index (χ0v) is 16.1. The van der Waals surface area contributed by atoms with Crippen LogP contribution >= 0.6 is 31.9 Å². The van der Waals surface area contributed by atoms with Crippen molar-refractivity contribution in [2.24, 2.45) is 0 Å². The molecule has 24 heavy (non-hydrogen) atoms. The van der Waals surface area contributed by atoms with Gasteiger partial charge < -0.3 is 4.42 Å².